The standard InChI is InChI=1S/C22H26N2O4S/c1-5-14-28-20-9-7-19(8-10-20)12-13-23-22(25)16-24(4)29(26,27)21-11-6-17(2)18(3)15-21/h1,6-11,15H,12-14,16H2,2-4H3,(H,23,25). The predicted octanol–water partition coefficient (Wildman–Crippen LogP) is 2.29. The fourth-order valence-corrected chi connectivity index (χ4v) is 3.83. The first-order chi connectivity index (χ1) is 13.7. The van der Waals surface area contributed by atoms with Crippen LogP contribution in [0.1, 0.15) is 16.7 Å². The first-order valence-corrected chi connectivity index (χ1v) is 10.6. The summed E-state index contributed by atoms with van der Waals surface area (Å²) in [6.45, 7) is 4.15. The number of nitrogens with one attached hydrogen (secondary N) is 1. The second-order valence-electron chi connectivity index (χ2n) is 6.74. The van der Waals surface area contributed by atoms with Crippen molar-refractivity contribution in [2.75, 3.05) is 26.7 Å². The topological polar surface area (TPSA) is 75.7 Å². The van der Waals surface area contributed by atoms with Crippen LogP contribution in [0.25, 0.3) is 0 Å². The third-order valence-electron chi connectivity index (χ3n) is 4.53. The van der Waals surface area contributed by atoms with Crippen molar-refractivity contribution in [2.24, 2.45) is 0 Å². The molecule has 29 heavy (non-hydrogen) atoms. The van der Waals surface area contributed by atoms with Crippen LogP contribution in [0, 0.1) is 26.2 Å². The Kier molecular flexibility index (Phi) is 7.82. The Morgan fingerprint density at radius 3 is 2.45 bits per heavy atom. The number of carbonyl (C=O) groups is 1. The van der Waals surface area contributed by atoms with E-state index >= 15 is 0 Å². The molecule has 2 rings (SSSR count). The van der Waals surface area contributed by atoms with Crippen molar-refractivity contribution in [1.29, 1.82) is 0 Å². The van der Waals surface area contributed by atoms with Crippen molar-refractivity contribution in [2.45, 2.75) is 25.2 Å². The first kappa shape index (κ1) is 22.5. The van der Waals surface area contributed by atoms with Gasteiger partial charge in [0.15, 0.2) is 0 Å². The minimum atomic E-state index is -3.72. The quantitative estimate of drug-likeness (QED) is 0.639. The van der Waals surface area contributed by atoms with Crippen LogP contribution in [0.15, 0.2) is 47.4 Å². The second-order valence-corrected chi connectivity index (χ2v) is 8.79. The molecule has 0 aliphatic heterocycles. The van der Waals surface area contributed by atoms with E-state index in [0.717, 1.165) is 21.0 Å². The van der Waals surface area contributed by atoms with Gasteiger partial charge in [-0.05, 0) is 61.2 Å². The van der Waals surface area contributed by atoms with E-state index in [1.165, 1.54) is 7.05 Å². The number of nitrogens with zero attached hydrogens (tertiary/aromatic N) is 1. The van der Waals surface area contributed by atoms with Gasteiger partial charge in [-0.25, -0.2) is 8.42 Å². The number of amides is 1. The lowest BCUT2D eigenvalue weighted by Crippen LogP contribution is -2.39. The molecule has 154 valence electrons. The third-order valence-corrected chi connectivity index (χ3v) is 6.33. The maximum atomic E-state index is 12.7. The van der Waals surface area contributed by atoms with Gasteiger partial charge in [-0.15, -0.1) is 6.42 Å². The highest BCUT2D eigenvalue weighted by Gasteiger charge is 2.23. The minimum Gasteiger partial charge on any atom is -0.481 e. The lowest BCUT2D eigenvalue weighted by Gasteiger charge is -2.17. The molecule has 2 aromatic carbocycles. The van der Waals surface area contributed by atoms with Gasteiger partial charge in [-0.1, -0.05) is 24.1 Å². The molecule has 7 heteroatoms. The number of hydrogen-bond donors (Lipinski definition) is 1. The van der Waals surface area contributed by atoms with E-state index in [-0.39, 0.29) is 24.0 Å². The molecule has 1 amide bonds. The highest BCUT2D eigenvalue weighted by molar-refractivity contribution is 7.89. The average molecular weight is 415 g/mol. The maximum absolute atomic E-state index is 12.7. The summed E-state index contributed by atoms with van der Waals surface area (Å²) in [5.41, 5.74) is 2.93. The van der Waals surface area contributed by atoms with Crippen LogP contribution in [0.4, 0.5) is 0 Å². The monoisotopic (exact) mass is 414 g/mol. The first-order valence-electron chi connectivity index (χ1n) is 9.19. The predicted molar refractivity (Wildman–Crippen MR) is 113 cm³/mol. The van der Waals surface area contributed by atoms with E-state index in [9.17, 15) is 13.2 Å². The van der Waals surface area contributed by atoms with Crippen LogP contribution >= 0.6 is 0 Å². The Balaban J connectivity index is 1.85. The Morgan fingerprint density at radius 2 is 1.83 bits per heavy atom. The maximum Gasteiger partial charge on any atom is 0.243 e. The smallest absolute Gasteiger partial charge is 0.243 e. The number of terminal acetylenes is 1. The van der Waals surface area contributed by atoms with Crippen LogP contribution in [-0.4, -0.2) is 45.4 Å². The number of carbonyl (C=O) groups excluding carboxylic acids is 1. The number of ether oxygens (including phenoxy) is 1. The van der Waals surface area contributed by atoms with E-state index in [4.69, 9.17) is 11.2 Å². The molecule has 0 radical (unpaired) electrons. The molecule has 0 spiro atoms. The molecule has 0 heterocycles. The molecule has 0 unspecified atom stereocenters. The fraction of sp³-hybridized carbons (Fsp3) is 0.318. The number of rotatable bonds is 9. The number of hydrogen-bond acceptors (Lipinski definition) is 4. The molecule has 0 bridgehead atoms. The molecule has 0 aromatic heterocycles. The SMILES string of the molecule is C#CCOc1ccc(CCNC(=O)CN(C)S(=O)(=O)c2ccc(C)c(C)c2)cc1. The molecule has 0 fully saturated rings. The van der Waals surface area contributed by atoms with Gasteiger partial charge >= 0.3 is 0 Å². The largest absolute Gasteiger partial charge is 0.481 e. The third kappa shape index (κ3) is 6.34. The molecule has 0 aliphatic rings. The summed E-state index contributed by atoms with van der Waals surface area (Å²) in [6.07, 6.45) is 5.77. The molecule has 2 aromatic rings. The van der Waals surface area contributed by atoms with Crippen LogP contribution < -0.4 is 10.1 Å². The molecule has 6 nitrogen and oxygen atoms in total. The Bertz CT molecular complexity index is 992. The van der Waals surface area contributed by atoms with Crippen molar-refractivity contribution in [3.05, 3.63) is 59.2 Å². The summed E-state index contributed by atoms with van der Waals surface area (Å²) in [5.74, 6) is 2.74. The van der Waals surface area contributed by atoms with Crippen molar-refractivity contribution in [1.82, 2.24) is 9.62 Å². The summed E-state index contributed by atoms with van der Waals surface area (Å²) in [6, 6.07) is 12.4. The Morgan fingerprint density at radius 1 is 1.14 bits per heavy atom. The lowest BCUT2D eigenvalue weighted by molar-refractivity contribution is -0.121. The molecule has 1 N–H and O–H groups in total. The summed E-state index contributed by atoms with van der Waals surface area (Å²) in [5, 5.41) is 2.75. The summed E-state index contributed by atoms with van der Waals surface area (Å²) in [7, 11) is -2.32. The summed E-state index contributed by atoms with van der Waals surface area (Å²) in [4.78, 5) is 12.3. The van der Waals surface area contributed by atoms with Gasteiger partial charge in [0.05, 0.1) is 11.4 Å². The van der Waals surface area contributed by atoms with Crippen LogP contribution in [0.5, 0.6) is 5.75 Å². The zero-order valence-electron chi connectivity index (χ0n) is 16.9. The number of likely N-dealkylation sites (N-methyl/N-ethyl adjacent to an activating group) is 1. The van der Waals surface area contributed by atoms with Gasteiger partial charge in [0.2, 0.25) is 15.9 Å². The van der Waals surface area contributed by atoms with Gasteiger partial charge in [0.25, 0.3) is 0 Å². The molecule has 0 atom stereocenters. The Labute approximate surface area is 172 Å². The number of sulfonamides is 1. The van der Waals surface area contributed by atoms with E-state index in [2.05, 4.69) is 11.2 Å². The van der Waals surface area contributed by atoms with Gasteiger partial charge in [-0.3, -0.25) is 4.79 Å². The van der Waals surface area contributed by atoms with E-state index in [1.807, 2.05) is 38.1 Å². The summed E-state index contributed by atoms with van der Waals surface area (Å²) >= 11 is 0. The molecule has 0 aliphatic carbocycles. The highest BCUT2D eigenvalue weighted by Crippen LogP contribution is 2.18. The highest BCUT2D eigenvalue weighted by atomic mass is 32.2. The zero-order chi connectivity index (χ0) is 21.4. The Hall–Kier alpha value is -2.82. The fourth-order valence-electron chi connectivity index (χ4n) is 2.62. The van der Waals surface area contributed by atoms with E-state index < -0.39 is 10.0 Å². The van der Waals surface area contributed by atoms with Crippen molar-refractivity contribution < 1.29 is 17.9 Å². The van der Waals surface area contributed by atoms with Crippen LogP contribution in [0.3, 0.4) is 0 Å². The molecule has 0 saturated heterocycles. The van der Waals surface area contributed by atoms with Crippen molar-refractivity contribution in [3.8, 4) is 18.1 Å². The van der Waals surface area contributed by atoms with Crippen LogP contribution in [0.2, 0.25) is 0 Å². The molecule has 0 saturated carbocycles. The van der Waals surface area contributed by atoms with Crippen molar-refractivity contribution >= 4 is 15.9 Å². The lowest BCUT2D eigenvalue weighted by atomic mass is 10.1. The van der Waals surface area contributed by atoms with Gasteiger partial charge in [0, 0.05) is 13.6 Å². The van der Waals surface area contributed by atoms with Gasteiger partial charge in [-0.2, -0.15) is 4.31 Å². The normalized spacial score (nSPS) is 11.1. The van der Waals surface area contributed by atoms with Crippen LogP contribution in [-0.2, 0) is 21.2 Å². The van der Waals surface area contributed by atoms with E-state index in [0.29, 0.717) is 18.7 Å². The minimum absolute atomic E-state index is 0.183. The number of aryl methyl sites for hydroxylation is 2. The van der Waals surface area contributed by atoms with E-state index in [1.54, 1.807) is 18.2 Å². The van der Waals surface area contributed by atoms with Gasteiger partial charge < -0.3 is 10.1 Å². The average Bonchev–Trinajstić information content (AvgIpc) is 2.69. The van der Waals surface area contributed by atoms with Crippen molar-refractivity contribution in [3.63, 3.8) is 0 Å². The summed E-state index contributed by atoms with van der Waals surface area (Å²) < 4.78 is 31.7. The molecular formula is C22H26N2O4S. The second kappa shape index (κ2) is 10.1. The molecular weight excluding hydrogens is 388 g/mol. The number of benzene rings is 2. The van der Waals surface area contributed by atoms with Gasteiger partial charge in [0.1, 0.15) is 12.4 Å². The zero-order valence-corrected chi connectivity index (χ0v) is 17.8.